The highest BCUT2D eigenvalue weighted by Gasteiger charge is 2.38. The Morgan fingerprint density at radius 1 is 1.32 bits per heavy atom. The quantitative estimate of drug-likeness (QED) is 0.794. The van der Waals surface area contributed by atoms with Crippen LogP contribution in [0.15, 0.2) is 23.4 Å². The molecule has 2 fully saturated rings. The second kappa shape index (κ2) is 7.62. The number of hydrogen-bond donors (Lipinski definition) is 1. The molecule has 0 aromatic heterocycles. The summed E-state index contributed by atoms with van der Waals surface area (Å²) in [7, 11) is 0. The molecule has 1 aromatic rings. The minimum Gasteiger partial charge on any atom is -0.391 e. The largest absolute Gasteiger partial charge is 0.391 e. The van der Waals surface area contributed by atoms with Crippen LogP contribution in [0.1, 0.15) is 31.7 Å². The summed E-state index contributed by atoms with van der Waals surface area (Å²) in [4.78, 5) is 31.0. The zero-order valence-electron chi connectivity index (χ0n) is 13.8. The van der Waals surface area contributed by atoms with E-state index < -0.39 is 6.04 Å². The van der Waals surface area contributed by atoms with E-state index in [4.69, 9.17) is 28.0 Å². The van der Waals surface area contributed by atoms with Crippen LogP contribution < -0.4 is 5.32 Å². The van der Waals surface area contributed by atoms with Crippen molar-refractivity contribution in [1.82, 2.24) is 10.2 Å². The van der Waals surface area contributed by atoms with Crippen molar-refractivity contribution in [1.29, 1.82) is 0 Å². The Bertz CT molecular complexity index is 719. The van der Waals surface area contributed by atoms with Crippen LogP contribution in [0.5, 0.6) is 0 Å². The molecule has 25 heavy (non-hydrogen) atoms. The van der Waals surface area contributed by atoms with Crippen molar-refractivity contribution in [2.45, 2.75) is 44.9 Å². The molecule has 0 unspecified atom stereocenters. The van der Waals surface area contributed by atoms with Crippen molar-refractivity contribution in [3.8, 4) is 0 Å². The SMILES string of the molecule is CC(=O)N1C/C(=N\OCc2ccc(Cl)c(Cl)c2)C[C@H]1C(=O)NC1CC1. The third-order valence-corrected chi connectivity index (χ3v) is 4.94. The van der Waals surface area contributed by atoms with Crippen LogP contribution in [0, 0.1) is 0 Å². The Labute approximate surface area is 156 Å². The van der Waals surface area contributed by atoms with Crippen molar-refractivity contribution in [2.75, 3.05) is 6.54 Å². The molecule has 0 radical (unpaired) electrons. The van der Waals surface area contributed by atoms with E-state index in [9.17, 15) is 9.59 Å². The fourth-order valence-electron chi connectivity index (χ4n) is 2.69. The first-order valence-electron chi connectivity index (χ1n) is 8.13. The number of benzene rings is 1. The average Bonchev–Trinajstić information content (AvgIpc) is 3.26. The van der Waals surface area contributed by atoms with E-state index in [1.54, 1.807) is 18.2 Å². The lowest BCUT2D eigenvalue weighted by atomic mass is 10.2. The lowest BCUT2D eigenvalue weighted by Crippen LogP contribution is -2.45. The minimum atomic E-state index is -0.509. The Kier molecular flexibility index (Phi) is 5.49. The van der Waals surface area contributed by atoms with Crippen LogP contribution in [-0.2, 0) is 21.0 Å². The summed E-state index contributed by atoms with van der Waals surface area (Å²) in [5, 5.41) is 7.97. The molecule has 1 saturated heterocycles. The van der Waals surface area contributed by atoms with Gasteiger partial charge in [0.25, 0.3) is 0 Å². The van der Waals surface area contributed by atoms with Crippen LogP contribution in [0.2, 0.25) is 10.0 Å². The number of likely N-dealkylation sites (tertiary alicyclic amines) is 1. The summed E-state index contributed by atoms with van der Waals surface area (Å²) >= 11 is 11.8. The minimum absolute atomic E-state index is 0.118. The maximum Gasteiger partial charge on any atom is 0.243 e. The second-order valence-corrected chi connectivity index (χ2v) is 7.14. The summed E-state index contributed by atoms with van der Waals surface area (Å²) in [5.74, 6) is -0.266. The van der Waals surface area contributed by atoms with Gasteiger partial charge in [0.1, 0.15) is 12.6 Å². The van der Waals surface area contributed by atoms with E-state index in [0.717, 1.165) is 18.4 Å². The predicted molar refractivity (Wildman–Crippen MR) is 95.6 cm³/mol. The lowest BCUT2D eigenvalue weighted by molar-refractivity contribution is -0.136. The molecule has 8 heteroatoms. The van der Waals surface area contributed by atoms with Gasteiger partial charge in [0.05, 0.1) is 22.3 Å². The molecule has 1 heterocycles. The van der Waals surface area contributed by atoms with Gasteiger partial charge in [0.15, 0.2) is 0 Å². The van der Waals surface area contributed by atoms with E-state index in [-0.39, 0.29) is 24.5 Å². The molecule has 1 aromatic carbocycles. The molecule has 1 saturated carbocycles. The number of amides is 2. The van der Waals surface area contributed by atoms with E-state index in [0.29, 0.717) is 28.7 Å². The fraction of sp³-hybridized carbons (Fsp3) is 0.471. The van der Waals surface area contributed by atoms with Gasteiger partial charge in [0.2, 0.25) is 11.8 Å². The van der Waals surface area contributed by atoms with E-state index in [1.165, 1.54) is 11.8 Å². The first-order chi connectivity index (χ1) is 11.9. The molecule has 1 aliphatic heterocycles. The van der Waals surface area contributed by atoms with Gasteiger partial charge in [-0.15, -0.1) is 0 Å². The third kappa shape index (κ3) is 4.64. The fourth-order valence-corrected chi connectivity index (χ4v) is 3.01. The Hall–Kier alpha value is -1.79. The van der Waals surface area contributed by atoms with Gasteiger partial charge in [-0.1, -0.05) is 34.4 Å². The van der Waals surface area contributed by atoms with Gasteiger partial charge in [-0.05, 0) is 30.5 Å². The number of carbonyl (C=O) groups is 2. The van der Waals surface area contributed by atoms with Crippen molar-refractivity contribution < 1.29 is 14.4 Å². The molecule has 2 amide bonds. The number of halogens is 2. The number of oxime groups is 1. The molecule has 6 nitrogen and oxygen atoms in total. The number of rotatable bonds is 5. The van der Waals surface area contributed by atoms with Crippen molar-refractivity contribution in [3.63, 3.8) is 0 Å². The van der Waals surface area contributed by atoms with Crippen molar-refractivity contribution in [3.05, 3.63) is 33.8 Å². The van der Waals surface area contributed by atoms with Crippen LogP contribution in [0.4, 0.5) is 0 Å². The second-order valence-electron chi connectivity index (χ2n) is 6.33. The summed E-state index contributed by atoms with van der Waals surface area (Å²) in [6.45, 7) is 2.00. The molecule has 1 aliphatic carbocycles. The summed E-state index contributed by atoms with van der Waals surface area (Å²) in [5.41, 5.74) is 1.51. The molecular weight excluding hydrogens is 365 g/mol. The number of nitrogens with zero attached hydrogens (tertiary/aromatic N) is 2. The summed E-state index contributed by atoms with van der Waals surface area (Å²) in [6, 6.07) is 4.96. The predicted octanol–water partition coefficient (Wildman–Crippen LogP) is 2.77. The van der Waals surface area contributed by atoms with E-state index >= 15 is 0 Å². The molecule has 2 aliphatic rings. The molecule has 3 rings (SSSR count). The van der Waals surface area contributed by atoms with Gasteiger partial charge in [0, 0.05) is 19.4 Å². The highest BCUT2D eigenvalue weighted by atomic mass is 35.5. The standard InChI is InChI=1S/C17H19Cl2N3O3/c1-10(23)22-8-13(7-16(22)17(24)20-12-3-4-12)21-25-9-11-2-5-14(18)15(19)6-11/h2,5-6,12,16H,3-4,7-9H2,1H3,(H,20,24)/b21-13-/t16-/m0/s1. The topological polar surface area (TPSA) is 71.0 Å². The molecule has 1 atom stereocenters. The Morgan fingerprint density at radius 2 is 2.08 bits per heavy atom. The molecule has 1 N–H and O–H groups in total. The van der Waals surface area contributed by atoms with Crippen LogP contribution in [-0.4, -0.2) is 41.1 Å². The maximum atomic E-state index is 12.3. The molecular formula is C17H19Cl2N3O3. The molecule has 0 bridgehead atoms. The average molecular weight is 384 g/mol. The highest BCUT2D eigenvalue weighted by molar-refractivity contribution is 6.42. The summed E-state index contributed by atoms with van der Waals surface area (Å²) < 4.78 is 0. The van der Waals surface area contributed by atoms with Gasteiger partial charge >= 0.3 is 0 Å². The van der Waals surface area contributed by atoms with Gasteiger partial charge in [-0.25, -0.2) is 0 Å². The molecule has 134 valence electrons. The first-order valence-corrected chi connectivity index (χ1v) is 8.89. The third-order valence-electron chi connectivity index (χ3n) is 4.20. The Balaban J connectivity index is 1.59. The van der Waals surface area contributed by atoms with Gasteiger partial charge in [-0.2, -0.15) is 0 Å². The van der Waals surface area contributed by atoms with Crippen molar-refractivity contribution >= 4 is 40.7 Å². The number of carbonyl (C=O) groups excluding carboxylic acids is 2. The zero-order valence-corrected chi connectivity index (χ0v) is 15.3. The van der Waals surface area contributed by atoms with Gasteiger partial charge in [-0.3, -0.25) is 9.59 Å². The molecule has 0 spiro atoms. The van der Waals surface area contributed by atoms with E-state index in [1.807, 2.05) is 0 Å². The summed E-state index contributed by atoms with van der Waals surface area (Å²) in [6.07, 6.45) is 2.40. The van der Waals surface area contributed by atoms with Crippen LogP contribution in [0.3, 0.4) is 0 Å². The maximum absolute atomic E-state index is 12.3. The lowest BCUT2D eigenvalue weighted by Gasteiger charge is -2.21. The smallest absolute Gasteiger partial charge is 0.243 e. The van der Waals surface area contributed by atoms with Gasteiger partial charge < -0.3 is 15.1 Å². The first kappa shape index (κ1) is 18.0. The number of hydrogen-bond acceptors (Lipinski definition) is 4. The highest BCUT2D eigenvalue weighted by Crippen LogP contribution is 2.24. The van der Waals surface area contributed by atoms with Crippen molar-refractivity contribution in [2.24, 2.45) is 5.16 Å². The monoisotopic (exact) mass is 383 g/mol. The Morgan fingerprint density at radius 3 is 2.72 bits per heavy atom. The van der Waals surface area contributed by atoms with Crippen LogP contribution in [0.25, 0.3) is 0 Å². The van der Waals surface area contributed by atoms with E-state index in [2.05, 4.69) is 10.5 Å². The normalized spacial score (nSPS) is 21.5. The number of nitrogens with one attached hydrogen (secondary N) is 1. The van der Waals surface area contributed by atoms with Crippen LogP contribution >= 0.6 is 23.2 Å². The zero-order chi connectivity index (χ0) is 18.0.